The van der Waals surface area contributed by atoms with E-state index in [0.717, 1.165) is 12.8 Å². The summed E-state index contributed by atoms with van der Waals surface area (Å²) in [5.41, 5.74) is 12.8. The minimum Gasteiger partial charge on any atom is -0.309 e. The molecule has 0 N–H and O–H groups in total. The van der Waals surface area contributed by atoms with Gasteiger partial charge in [0.25, 0.3) is 0 Å². The van der Waals surface area contributed by atoms with E-state index in [1.807, 2.05) is 0 Å². The fourth-order valence-electron chi connectivity index (χ4n) is 5.33. The Morgan fingerprint density at radius 2 is 1.41 bits per heavy atom. The Balaban J connectivity index is 1.74. The maximum Gasteiger partial charge on any atom is 0.0579 e. The first-order chi connectivity index (χ1) is 13.4. The summed E-state index contributed by atoms with van der Waals surface area (Å²) in [6.07, 6.45) is 2.05. The van der Waals surface area contributed by atoms with E-state index in [4.69, 9.17) is 0 Å². The molecule has 4 aromatic carbocycles. The van der Waals surface area contributed by atoms with Gasteiger partial charge in [-0.3, -0.25) is 0 Å². The van der Waals surface area contributed by atoms with Crippen molar-refractivity contribution < 1.29 is 0 Å². The van der Waals surface area contributed by atoms with Gasteiger partial charge in [0.2, 0.25) is 0 Å². The van der Waals surface area contributed by atoms with E-state index in [9.17, 15) is 0 Å². The molecule has 1 heteroatoms. The standard InChI is InChI=1S/C26H17N/c1-3-9-19-16(7-1)14-22-21(19)15-18-13-17-8-2-5-11-23(17)27-24-12-6-4-10-20(24)25(22)26(18)27/h1-12,15H,13-14H2. The van der Waals surface area contributed by atoms with Gasteiger partial charge >= 0.3 is 0 Å². The number of rotatable bonds is 0. The molecule has 1 nitrogen and oxygen atoms in total. The van der Waals surface area contributed by atoms with Gasteiger partial charge in [0.05, 0.1) is 11.0 Å². The zero-order chi connectivity index (χ0) is 17.5. The number of para-hydroxylation sites is 2. The molecule has 0 atom stereocenters. The monoisotopic (exact) mass is 343 g/mol. The van der Waals surface area contributed by atoms with Crippen LogP contribution in [0.1, 0.15) is 22.3 Å². The van der Waals surface area contributed by atoms with E-state index in [0.29, 0.717) is 0 Å². The summed E-state index contributed by atoms with van der Waals surface area (Å²) in [5.74, 6) is 0. The van der Waals surface area contributed by atoms with Crippen LogP contribution in [0.5, 0.6) is 0 Å². The second-order valence-electron chi connectivity index (χ2n) is 7.78. The van der Waals surface area contributed by atoms with Crippen LogP contribution in [0.15, 0.2) is 78.9 Å². The number of nitrogens with zero attached hydrogens (tertiary/aromatic N) is 1. The third-order valence-electron chi connectivity index (χ3n) is 6.41. The van der Waals surface area contributed by atoms with Gasteiger partial charge in [-0.1, -0.05) is 60.7 Å². The minimum absolute atomic E-state index is 1.01. The molecule has 0 fully saturated rings. The third kappa shape index (κ3) is 1.61. The third-order valence-corrected chi connectivity index (χ3v) is 6.41. The summed E-state index contributed by atoms with van der Waals surface area (Å²) in [4.78, 5) is 0. The molecule has 5 aromatic rings. The molecular formula is C26H17N. The van der Waals surface area contributed by atoms with Crippen molar-refractivity contribution in [3.8, 4) is 16.8 Å². The van der Waals surface area contributed by atoms with Crippen molar-refractivity contribution in [3.63, 3.8) is 0 Å². The van der Waals surface area contributed by atoms with Crippen molar-refractivity contribution in [1.82, 2.24) is 4.57 Å². The lowest BCUT2D eigenvalue weighted by Crippen LogP contribution is -2.08. The first-order valence-electron chi connectivity index (χ1n) is 9.64. The molecule has 126 valence electrons. The fraction of sp³-hybridized carbons (Fsp3) is 0.0769. The maximum atomic E-state index is 2.50. The molecule has 1 aromatic heterocycles. The normalized spacial score (nSPS) is 13.6. The van der Waals surface area contributed by atoms with Gasteiger partial charge in [0.1, 0.15) is 0 Å². The number of fused-ring (bicyclic) bond motifs is 9. The number of hydrogen-bond donors (Lipinski definition) is 0. The van der Waals surface area contributed by atoms with Crippen LogP contribution in [0, 0.1) is 0 Å². The molecular weight excluding hydrogens is 326 g/mol. The van der Waals surface area contributed by atoms with E-state index >= 15 is 0 Å². The highest BCUT2D eigenvalue weighted by Crippen LogP contribution is 2.48. The highest BCUT2D eigenvalue weighted by Gasteiger charge is 2.28. The van der Waals surface area contributed by atoms with Crippen LogP contribution in [0.2, 0.25) is 0 Å². The van der Waals surface area contributed by atoms with E-state index in [1.54, 1.807) is 0 Å². The predicted octanol–water partition coefficient (Wildman–Crippen LogP) is 6.26. The zero-order valence-corrected chi connectivity index (χ0v) is 14.9. The van der Waals surface area contributed by atoms with E-state index in [2.05, 4.69) is 83.4 Å². The van der Waals surface area contributed by atoms with Crippen molar-refractivity contribution >= 4 is 21.8 Å². The molecule has 0 saturated heterocycles. The fourth-order valence-corrected chi connectivity index (χ4v) is 5.33. The summed E-state index contributed by atoms with van der Waals surface area (Å²) >= 11 is 0. The topological polar surface area (TPSA) is 4.93 Å². The average Bonchev–Trinajstić information content (AvgIpc) is 3.26. The van der Waals surface area contributed by atoms with Crippen LogP contribution >= 0.6 is 0 Å². The summed E-state index contributed by atoms with van der Waals surface area (Å²) < 4.78 is 2.50. The van der Waals surface area contributed by atoms with Crippen LogP contribution in [0.4, 0.5) is 0 Å². The molecule has 7 rings (SSSR count). The second-order valence-corrected chi connectivity index (χ2v) is 7.78. The van der Waals surface area contributed by atoms with Crippen LogP contribution < -0.4 is 0 Å². The maximum absolute atomic E-state index is 2.50. The Hall–Kier alpha value is -3.32. The Labute approximate surface area is 157 Å². The molecule has 1 aliphatic carbocycles. The molecule has 27 heavy (non-hydrogen) atoms. The number of benzene rings is 4. The van der Waals surface area contributed by atoms with Crippen LogP contribution in [-0.4, -0.2) is 4.57 Å². The predicted molar refractivity (Wildman–Crippen MR) is 112 cm³/mol. The van der Waals surface area contributed by atoms with Gasteiger partial charge in [0.15, 0.2) is 0 Å². The number of hydrogen-bond acceptors (Lipinski definition) is 0. The molecule has 0 bridgehead atoms. The smallest absolute Gasteiger partial charge is 0.0579 e. The average molecular weight is 343 g/mol. The van der Waals surface area contributed by atoms with Crippen LogP contribution in [0.25, 0.3) is 38.6 Å². The van der Waals surface area contributed by atoms with Crippen LogP contribution in [-0.2, 0) is 12.8 Å². The second kappa shape index (κ2) is 4.69. The van der Waals surface area contributed by atoms with E-state index in [1.165, 1.54) is 60.9 Å². The lowest BCUT2D eigenvalue weighted by molar-refractivity contribution is 1.04. The van der Waals surface area contributed by atoms with Gasteiger partial charge < -0.3 is 4.57 Å². The summed E-state index contributed by atoms with van der Waals surface area (Å²) in [7, 11) is 0. The number of aromatic nitrogens is 1. The van der Waals surface area contributed by atoms with Crippen molar-refractivity contribution in [2.24, 2.45) is 0 Å². The quantitative estimate of drug-likeness (QED) is 0.306. The highest BCUT2D eigenvalue weighted by molar-refractivity contribution is 6.15. The van der Waals surface area contributed by atoms with Gasteiger partial charge in [0, 0.05) is 22.9 Å². The molecule has 0 radical (unpaired) electrons. The van der Waals surface area contributed by atoms with Crippen LogP contribution in [0.3, 0.4) is 0 Å². The van der Waals surface area contributed by atoms with E-state index < -0.39 is 0 Å². The van der Waals surface area contributed by atoms with Crippen molar-refractivity contribution in [2.45, 2.75) is 12.8 Å². The van der Waals surface area contributed by atoms with Crippen molar-refractivity contribution in [3.05, 3.63) is 101 Å². The highest BCUT2D eigenvalue weighted by atomic mass is 15.0. The molecule has 1 aliphatic heterocycles. The minimum atomic E-state index is 1.01. The Kier molecular flexibility index (Phi) is 2.40. The lowest BCUT2D eigenvalue weighted by Gasteiger charge is -2.21. The molecule has 0 unspecified atom stereocenters. The Morgan fingerprint density at radius 1 is 0.630 bits per heavy atom. The molecule has 0 spiro atoms. The molecule has 0 saturated carbocycles. The summed E-state index contributed by atoms with van der Waals surface area (Å²) in [5, 5.41) is 2.85. The molecule has 2 heterocycles. The summed E-state index contributed by atoms with van der Waals surface area (Å²) in [6, 6.07) is 29.2. The Morgan fingerprint density at radius 3 is 2.37 bits per heavy atom. The largest absolute Gasteiger partial charge is 0.309 e. The molecule has 0 amide bonds. The van der Waals surface area contributed by atoms with Crippen molar-refractivity contribution in [2.75, 3.05) is 0 Å². The zero-order valence-electron chi connectivity index (χ0n) is 14.9. The van der Waals surface area contributed by atoms with Gasteiger partial charge in [-0.05, 0) is 58.0 Å². The lowest BCUT2D eigenvalue weighted by atomic mass is 9.92. The van der Waals surface area contributed by atoms with Gasteiger partial charge in [-0.2, -0.15) is 0 Å². The SMILES string of the molecule is c1ccc2c(c1)Cc1c-2cc2c3c1c1ccccc1n3-c1ccccc1C2. The van der Waals surface area contributed by atoms with Gasteiger partial charge in [-0.25, -0.2) is 0 Å². The van der Waals surface area contributed by atoms with Gasteiger partial charge in [-0.15, -0.1) is 0 Å². The first-order valence-corrected chi connectivity index (χ1v) is 9.64. The first kappa shape index (κ1) is 13.8. The van der Waals surface area contributed by atoms with Crippen molar-refractivity contribution in [1.29, 1.82) is 0 Å². The summed E-state index contributed by atoms with van der Waals surface area (Å²) in [6.45, 7) is 0. The molecule has 2 aliphatic rings. The van der Waals surface area contributed by atoms with E-state index in [-0.39, 0.29) is 0 Å². The Bertz CT molecular complexity index is 1420.